The van der Waals surface area contributed by atoms with E-state index in [4.69, 9.17) is 4.74 Å². The number of carbonyl (C=O) groups excluding carboxylic acids is 1. The molecule has 6 heteroatoms. The average Bonchev–Trinajstić information content (AvgIpc) is 3.28. The summed E-state index contributed by atoms with van der Waals surface area (Å²) in [6, 6.07) is 13.9. The van der Waals surface area contributed by atoms with E-state index in [9.17, 15) is 4.79 Å². The van der Waals surface area contributed by atoms with Gasteiger partial charge in [0, 0.05) is 36.6 Å². The number of benzene rings is 1. The molecule has 28 heavy (non-hydrogen) atoms. The Kier molecular flexibility index (Phi) is 6.49. The fourth-order valence-electron chi connectivity index (χ4n) is 3.85. The molecule has 1 atom stereocenters. The highest BCUT2D eigenvalue weighted by Gasteiger charge is 2.28. The molecule has 2 fully saturated rings. The first kappa shape index (κ1) is 19.3. The standard InChI is InChI=1S/C22H27N3O2S/c26-22(24-15-18-5-1-2-10-23-18)17-4-3-6-21(14-17)27-20-7-11-25(12-8-20)19-9-13-28-16-19/h1-6,10,14,19-20H,7-9,11-13,15-16H2,(H,24,26). The minimum absolute atomic E-state index is 0.107. The Balaban J connectivity index is 1.28. The summed E-state index contributed by atoms with van der Waals surface area (Å²) in [6.07, 6.45) is 5.39. The van der Waals surface area contributed by atoms with Crippen LogP contribution in [0, 0.1) is 0 Å². The third-order valence-corrected chi connectivity index (χ3v) is 6.60. The zero-order valence-electron chi connectivity index (χ0n) is 16.0. The van der Waals surface area contributed by atoms with Crippen molar-refractivity contribution in [3.63, 3.8) is 0 Å². The van der Waals surface area contributed by atoms with Crippen molar-refractivity contribution < 1.29 is 9.53 Å². The fourth-order valence-corrected chi connectivity index (χ4v) is 5.10. The molecule has 4 rings (SSSR count). The highest BCUT2D eigenvalue weighted by molar-refractivity contribution is 7.99. The Morgan fingerprint density at radius 1 is 1.18 bits per heavy atom. The van der Waals surface area contributed by atoms with Crippen molar-refractivity contribution in [3.05, 3.63) is 59.9 Å². The van der Waals surface area contributed by atoms with Gasteiger partial charge in [0.1, 0.15) is 11.9 Å². The maximum absolute atomic E-state index is 12.4. The molecule has 2 saturated heterocycles. The number of likely N-dealkylation sites (tertiary alicyclic amines) is 1. The topological polar surface area (TPSA) is 54.5 Å². The van der Waals surface area contributed by atoms with Gasteiger partial charge in [-0.2, -0.15) is 11.8 Å². The fraction of sp³-hybridized carbons (Fsp3) is 0.455. The second-order valence-electron chi connectivity index (χ2n) is 7.40. The molecular formula is C22H27N3O2S. The van der Waals surface area contributed by atoms with Crippen LogP contribution < -0.4 is 10.1 Å². The van der Waals surface area contributed by atoms with Gasteiger partial charge in [0.05, 0.1) is 12.2 Å². The van der Waals surface area contributed by atoms with Crippen LogP contribution in [0.5, 0.6) is 5.75 Å². The number of piperidine rings is 1. The lowest BCUT2D eigenvalue weighted by atomic mass is 10.0. The van der Waals surface area contributed by atoms with E-state index >= 15 is 0 Å². The second-order valence-corrected chi connectivity index (χ2v) is 8.55. The first-order valence-corrected chi connectivity index (χ1v) is 11.2. The van der Waals surface area contributed by atoms with Crippen molar-refractivity contribution in [1.29, 1.82) is 0 Å². The monoisotopic (exact) mass is 397 g/mol. The molecule has 2 aliphatic rings. The van der Waals surface area contributed by atoms with Crippen molar-refractivity contribution in [2.24, 2.45) is 0 Å². The van der Waals surface area contributed by atoms with Gasteiger partial charge in [-0.1, -0.05) is 12.1 Å². The SMILES string of the molecule is O=C(NCc1ccccn1)c1cccc(OC2CCN(C3CCSC3)CC2)c1. The van der Waals surface area contributed by atoms with Gasteiger partial charge in [0.15, 0.2) is 0 Å². The van der Waals surface area contributed by atoms with Crippen LogP contribution in [0.1, 0.15) is 35.3 Å². The van der Waals surface area contributed by atoms with E-state index in [1.54, 1.807) is 6.20 Å². The van der Waals surface area contributed by atoms with Crippen molar-refractivity contribution in [3.8, 4) is 5.75 Å². The van der Waals surface area contributed by atoms with Crippen LogP contribution in [0.4, 0.5) is 0 Å². The van der Waals surface area contributed by atoms with Crippen LogP contribution in [0.3, 0.4) is 0 Å². The third kappa shape index (κ3) is 5.06. The summed E-state index contributed by atoms with van der Waals surface area (Å²) in [4.78, 5) is 19.3. The molecule has 2 aromatic rings. The number of aromatic nitrogens is 1. The normalized spacial score (nSPS) is 20.8. The van der Waals surface area contributed by atoms with Gasteiger partial charge in [0.25, 0.3) is 5.91 Å². The van der Waals surface area contributed by atoms with Crippen LogP contribution in [0.25, 0.3) is 0 Å². The largest absolute Gasteiger partial charge is 0.490 e. The third-order valence-electron chi connectivity index (χ3n) is 5.45. The van der Waals surface area contributed by atoms with Crippen molar-refractivity contribution in [2.45, 2.75) is 38.0 Å². The van der Waals surface area contributed by atoms with Crippen LogP contribution in [0.2, 0.25) is 0 Å². The van der Waals surface area contributed by atoms with Gasteiger partial charge in [-0.25, -0.2) is 0 Å². The second kappa shape index (κ2) is 9.43. The average molecular weight is 398 g/mol. The molecule has 1 unspecified atom stereocenters. The summed E-state index contributed by atoms with van der Waals surface area (Å²) >= 11 is 2.07. The summed E-state index contributed by atoms with van der Waals surface area (Å²) in [5.41, 5.74) is 1.46. The number of ether oxygens (including phenoxy) is 1. The van der Waals surface area contributed by atoms with E-state index in [0.29, 0.717) is 12.1 Å². The number of carbonyl (C=O) groups is 1. The molecular weight excluding hydrogens is 370 g/mol. The molecule has 1 N–H and O–H groups in total. The lowest BCUT2D eigenvalue weighted by Gasteiger charge is -2.35. The number of amides is 1. The van der Waals surface area contributed by atoms with Crippen molar-refractivity contribution >= 4 is 17.7 Å². The smallest absolute Gasteiger partial charge is 0.251 e. The molecule has 2 aliphatic heterocycles. The zero-order valence-corrected chi connectivity index (χ0v) is 16.9. The Bertz CT molecular complexity index is 772. The Labute approximate surface area is 170 Å². The van der Waals surface area contributed by atoms with E-state index in [1.165, 1.54) is 17.9 Å². The number of thioether (sulfide) groups is 1. The quantitative estimate of drug-likeness (QED) is 0.810. The molecule has 0 radical (unpaired) electrons. The van der Waals surface area contributed by atoms with Crippen LogP contribution in [-0.2, 0) is 6.54 Å². The van der Waals surface area contributed by atoms with E-state index in [1.807, 2.05) is 42.5 Å². The summed E-state index contributed by atoms with van der Waals surface area (Å²) in [7, 11) is 0. The molecule has 5 nitrogen and oxygen atoms in total. The summed E-state index contributed by atoms with van der Waals surface area (Å²) < 4.78 is 6.20. The van der Waals surface area contributed by atoms with Gasteiger partial charge < -0.3 is 10.1 Å². The summed E-state index contributed by atoms with van der Waals surface area (Å²) in [5, 5.41) is 2.92. The minimum atomic E-state index is -0.107. The molecule has 1 aromatic carbocycles. The number of hydrogen-bond donors (Lipinski definition) is 1. The van der Waals surface area contributed by atoms with E-state index in [0.717, 1.165) is 43.4 Å². The molecule has 0 saturated carbocycles. The molecule has 1 amide bonds. The minimum Gasteiger partial charge on any atom is -0.490 e. The van der Waals surface area contributed by atoms with Gasteiger partial charge in [0.2, 0.25) is 0 Å². The van der Waals surface area contributed by atoms with Crippen molar-refractivity contribution in [2.75, 3.05) is 24.6 Å². The predicted molar refractivity (Wildman–Crippen MR) is 113 cm³/mol. The molecule has 0 spiro atoms. The molecule has 0 aliphatic carbocycles. The Hall–Kier alpha value is -2.05. The number of pyridine rings is 1. The number of nitrogens with one attached hydrogen (secondary N) is 1. The number of nitrogens with zero attached hydrogens (tertiary/aromatic N) is 2. The highest BCUT2D eigenvalue weighted by atomic mass is 32.2. The highest BCUT2D eigenvalue weighted by Crippen LogP contribution is 2.26. The van der Waals surface area contributed by atoms with Crippen LogP contribution in [-0.4, -0.2) is 52.5 Å². The van der Waals surface area contributed by atoms with Gasteiger partial charge >= 0.3 is 0 Å². The Morgan fingerprint density at radius 2 is 2.07 bits per heavy atom. The maximum atomic E-state index is 12.4. The molecule has 1 aromatic heterocycles. The van der Waals surface area contributed by atoms with E-state index in [-0.39, 0.29) is 12.0 Å². The predicted octanol–water partition coefficient (Wildman–Crippen LogP) is 3.36. The van der Waals surface area contributed by atoms with Gasteiger partial charge in [-0.05, 0) is 55.3 Å². The first-order valence-electron chi connectivity index (χ1n) is 10.0. The zero-order chi connectivity index (χ0) is 19.2. The van der Waals surface area contributed by atoms with E-state index < -0.39 is 0 Å². The van der Waals surface area contributed by atoms with Crippen LogP contribution in [0.15, 0.2) is 48.7 Å². The summed E-state index contributed by atoms with van der Waals surface area (Å²) in [6.45, 7) is 2.64. The molecule has 0 bridgehead atoms. The number of hydrogen-bond acceptors (Lipinski definition) is 5. The van der Waals surface area contributed by atoms with Crippen LogP contribution >= 0.6 is 11.8 Å². The molecule has 3 heterocycles. The van der Waals surface area contributed by atoms with E-state index in [2.05, 4.69) is 27.0 Å². The Morgan fingerprint density at radius 3 is 2.82 bits per heavy atom. The lowest BCUT2D eigenvalue weighted by molar-refractivity contribution is 0.0813. The molecule has 148 valence electrons. The summed E-state index contributed by atoms with van der Waals surface area (Å²) in [5.74, 6) is 3.25. The maximum Gasteiger partial charge on any atom is 0.251 e. The van der Waals surface area contributed by atoms with Gasteiger partial charge in [-0.3, -0.25) is 14.7 Å². The first-order chi connectivity index (χ1) is 13.8. The van der Waals surface area contributed by atoms with Crippen molar-refractivity contribution in [1.82, 2.24) is 15.2 Å². The lowest BCUT2D eigenvalue weighted by Crippen LogP contribution is -2.44. The van der Waals surface area contributed by atoms with Gasteiger partial charge in [-0.15, -0.1) is 0 Å². The number of rotatable bonds is 6.